The van der Waals surface area contributed by atoms with Gasteiger partial charge in [0.2, 0.25) is 10.0 Å². The second kappa shape index (κ2) is 7.77. The smallest absolute Gasteiger partial charge is 0.213 e. The molecule has 7 nitrogen and oxygen atoms in total. The topological polar surface area (TPSA) is 83.0 Å². The van der Waals surface area contributed by atoms with Crippen molar-refractivity contribution < 1.29 is 13.2 Å². The van der Waals surface area contributed by atoms with Crippen molar-refractivity contribution in [1.82, 2.24) is 14.9 Å². The van der Waals surface area contributed by atoms with Crippen LogP contribution in [0.25, 0.3) is 0 Å². The Hall–Kier alpha value is -1.64. The molecule has 0 spiro atoms. The van der Waals surface area contributed by atoms with Crippen LogP contribution in [-0.4, -0.2) is 63.9 Å². The third-order valence-corrected chi connectivity index (χ3v) is 7.28. The Kier molecular flexibility index (Phi) is 5.39. The van der Waals surface area contributed by atoms with Crippen molar-refractivity contribution in [1.29, 1.82) is 0 Å². The first-order chi connectivity index (χ1) is 13.1. The number of ether oxygens (including phenoxy) is 1. The summed E-state index contributed by atoms with van der Waals surface area (Å²) in [5.74, 6) is 2.01. The number of nitrogens with one attached hydrogen (secondary N) is 2. The molecule has 4 atom stereocenters. The van der Waals surface area contributed by atoms with E-state index in [0.717, 1.165) is 24.6 Å². The Morgan fingerprint density at radius 3 is 2.48 bits per heavy atom. The van der Waals surface area contributed by atoms with Crippen LogP contribution in [0.4, 0.5) is 0 Å². The summed E-state index contributed by atoms with van der Waals surface area (Å²) < 4.78 is 33.1. The molecule has 3 heterocycles. The Labute approximate surface area is 161 Å². The summed E-state index contributed by atoms with van der Waals surface area (Å²) in [6.45, 7) is 2.55. The maximum Gasteiger partial charge on any atom is 0.213 e. The highest BCUT2D eigenvalue weighted by Gasteiger charge is 2.53. The lowest BCUT2D eigenvalue weighted by Crippen LogP contribution is -2.43. The molecule has 3 aliphatic rings. The van der Waals surface area contributed by atoms with Gasteiger partial charge in [-0.15, -0.1) is 0 Å². The predicted octanol–water partition coefficient (Wildman–Crippen LogP) is 0.791. The highest BCUT2D eigenvalue weighted by Crippen LogP contribution is 2.47. The summed E-state index contributed by atoms with van der Waals surface area (Å²) in [5.41, 5.74) is 0.949. The second-order valence-corrected chi connectivity index (χ2v) is 9.55. The molecule has 1 aromatic carbocycles. The molecule has 0 radical (unpaired) electrons. The van der Waals surface area contributed by atoms with Crippen LogP contribution < -0.4 is 10.0 Å². The standard InChI is InChI=1S/C19H28N4O3S/c1-20-19(23-12-15-16(13-23)18-8-7-17(15)26-18)21-9-10-27(24,25)22-11-14-5-3-2-4-6-14/h2-6,15-18,22H,7-13H2,1H3,(H,20,21). The van der Waals surface area contributed by atoms with E-state index in [4.69, 9.17) is 4.74 Å². The highest BCUT2D eigenvalue weighted by molar-refractivity contribution is 7.89. The number of guanidine groups is 1. The van der Waals surface area contributed by atoms with Crippen molar-refractivity contribution >= 4 is 16.0 Å². The molecule has 0 saturated carbocycles. The summed E-state index contributed by atoms with van der Waals surface area (Å²) in [6.07, 6.45) is 3.17. The van der Waals surface area contributed by atoms with Gasteiger partial charge in [-0.3, -0.25) is 4.99 Å². The zero-order chi connectivity index (χ0) is 18.9. The lowest BCUT2D eigenvalue weighted by atomic mass is 9.82. The fraction of sp³-hybridized carbons (Fsp3) is 0.632. The molecule has 0 aliphatic carbocycles. The zero-order valence-electron chi connectivity index (χ0n) is 15.7. The average Bonchev–Trinajstić information content (AvgIpc) is 3.37. The maximum absolute atomic E-state index is 12.2. The number of hydrogen-bond acceptors (Lipinski definition) is 4. The minimum Gasteiger partial charge on any atom is -0.374 e. The number of benzene rings is 1. The van der Waals surface area contributed by atoms with Crippen molar-refractivity contribution in [2.24, 2.45) is 16.8 Å². The van der Waals surface area contributed by atoms with E-state index in [1.54, 1.807) is 7.05 Å². The summed E-state index contributed by atoms with van der Waals surface area (Å²) in [7, 11) is -1.58. The van der Waals surface area contributed by atoms with Gasteiger partial charge >= 0.3 is 0 Å². The van der Waals surface area contributed by atoms with Gasteiger partial charge in [0.15, 0.2) is 5.96 Å². The maximum atomic E-state index is 12.2. The zero-order valence-corrected chi connectivity index (χ0v) is 16.5. The van der Waals surface area contributed by atoms with E-state index in [0.29, 0.717) is 37.1 Å². The van der Waals surface area contributed by atoms with Crippen molar-refractivity contribution in [3.05, 3.63) is 35.9 Å². The first-order valence-corrected chi connectivity index (χ1v) is 11.3. The van der Waals surface area contributed by atoms with Gasteiger partial charge in [0.05, 0.1) is 18.0 Å². The van der Waals surface area contributed by atoms with Crippen molar-refractivity contribution in [3.8, 4) is 0 Å². The molecule has 27 heavy (non-hydrogen) atoms. The van der Waals surface area contributed by atoms with E-state index in [-0.39, 0.29) is 5.75 Å². The highest BCUT2D eigenvalue weighted by atomic mass is 32.2. The lowest BCUT2D eigenvalue weighted by Gasteiger charge is -2.23. The number of hydrogen-bond donors (Lipinski definition) is 2. The lowest BCUT2D eigenvalue weighted by molar-refractivity contribution is 0.0767. The molecule has 3 saturated heterocycles. The van der Waals surface area contributed by atoms with E-state index in [1.165, 1.54) is 12.8 Å². The summed E-state index contributed by atoms with van der Waals surface area (Å²) in [6, 6.07) is 9.53. The van der Waals surface area contributed by atoms with Gasteiger partial charge in [0, 0.05) is 45.1 Å². The monoisotopic (exact) mass is 392 g/mol. The fourth-order valence-electron chi connectivity index (χ4n) is 4.62. The SMILES string of the molecule is CN=C(NCCS(=O)(=O)NCc1ccccc1)N1CC2C3CCC(O3)C2C1. The number of aliphatic imine (C=N–C) groups is 1. The van der Waals surface area contributed by atoms with Crippen LogP contribution in [0.15, 0.2) is 35.3 Å². The van der Waals surface area contributed by atoms with Crippen LogP contribution in [0.5, 0.6) is 0 Å². The third-order valence-electron chi connectivity index (χ3n) is 5.96. The van der Waals surface area contributed by atoms with Gasteiger partial charge in [-0.05, 0) is 18.4 Å². The molecule has 0 aromatic heterocycles. The Bertz CT molecular complexity index is 765. The molecular weight excluding hydrogens is 364 g/mol. The van der Waals surface area contributed by atoms with Crippen molar-refractivity contribution in [3.63, 3.8) is 0 Å². The second-order valence-electron chi connectivity index (χ2n) is 7.62. The van der Waals surface area contributed by atoms with Gasteiger partial charge in [-0.25, -0.2) is 13.1 Å². The quantitative estimate of drug-likeness (QED) is 0.553. The van der Waals surface area contributed by atoms with Crippen LogP contribution in [0.3, 0.4) is 0 Å². The summed E-state index contributed by atoms with van der Waals surface area (Å²) >= 11 is 0. The summed E-state index contributed by atoms with van der Waals surface area (Å²) in [5, 5.41) is 3.22. The van der Waals surface area contributed by atoms with Gasteiger partial charge in [0.25, 0.3) is 0 Å². The molecular formula is C19H28N4O3S. The van der Waals surface area contributed by atoms with Crippen LogP contribution in [-0.2, 0) is 21.3 Å². The number of likely N-dealkylation sites (tertiary alicyclic amines) is 1. The van der Waals surface area contributed by atoms with Gasteiger partial charge < -0.3 is 15.0 Å². The van der Waals surface area contributed by atoms with Crippen LogP contribution in [0, 0.1) is 11.8 Å². The number of nitrogens with zero attached hydrogens (tertiary/aromatic N) is 2. The number of sulfonamides is 1. The Morgan fingerprint density at radius 2 is 1.85 bits per heavy atom. The minimum atomic E-state index is -3.34. The molecule has 3 fully saturated rings. The van der Waals surface area contributed by atoms with Gasteiger partial charge in [-0.1, -0.05) is 30.3 Å². The Morgan fingerprint density at radius 1 is 1.19 bits per heavy atom. The van der Waals surface area contributed by atoms with Gasteiger partial charge in [0.1, 0.15) is 0 Å². The molecule has 148 valence electrons. The average molecular weight is 393 g/mol. The molecule has 2 bridgehead atoms. The third kappa shape index (κ3) is 4.12. The predicted molar refractivity (Wildman–Crippen MR) is 105 cm³/mol. The molecule has 0 amide bonds. The fourth-order valence-corrected chi connectivity index (χ4v) is 5.53. The largest absolute Gasteiger partial charge is 0.374 e. The molecule has 3 aliphatic heterocycles. The molecule has 4 unspecified atom stereocenters. The number of fused-ring (bicyclic) bond motifs is 5. The van der Waals surface area contributed by atoms with Crippen molar-refractivity contribution in [2.75, 3.05) is 32.4 Å². The minimum absolute atomic E-state index is 0.0217. The molecule has 1 aromatic rings. The van der Waals surface area contributed by atoms with Crippen LogP contribution in [0.1, 0.15) is 18.4 Å². The van der Waals surface area contributed by atoms with E-state index in [1.807, 2.05) is 30.3 Å². The van der Waals surface area contributed by atoms with E-state index in [9.17, 15) is 8.42 Å². The van der Waals surface area contributed by atoms with Crippen LogP contribution >= 0.6 is 0 Å². The normalized spacial score (nSPS) is 30.0. The molecule has 2 N–H and O–H groups in total. The van der Waals surface area contributed by atoms with Gasteiger partial charge in [-0.2, -0.15) is 0 Å². The van der Waals surface area contributed by atoms with Crippen LogP contribution in [0.2, 0.25) is 0 Å². The van der Waals surface area contributed by atoms with E-state index >= 15 is 0 Å². The summed E-state index contributed by atoms with van der Waals surface area (Å²) in [4.78, 5) is 6.61. The molecule has 8 heteroatoms. The van der Waals surface area contributed by atoms with E-state index < -0.39 is 10.0 Å². The van der Waals surface area contributed by atoms with Crippen molar-refractivity contribution in [2.45, 2.75) is 31.6 Å². The van der Waals surface area contributed by atoms with E-state index in [2.05, 4.69) is 19.9 Å². The first kappa shape index (κ1) is 18.7. The Balaban J connectivity index is 1.24. The molecule has 4 rings (SSSR count). The first-order valence-electron chi connectivity index (χ1n) is 9.68. The number of rotatable bonds is 6.